The molecule has 0 atom stereocenters. The van der Waals surface area contributed by atoms with Gasteiger partial charge in [-0.15, -0.1) is 0 Å². The van der Waals surface area contributed by atoms with Crippen molar-refractivity contribution >= 4 is 0 Å². The van der Waals surface area contributed by atoms with Crippen LogP contribution in [0.1, 0.15) is 11.1 Å². The van der Waals surface area contributed by atoms with Crippen molar-refractivity contribution in [1.29, 1.82) is 0 Å². The fourth-order valence-electron chi connectivity index (χ4n) is 2.96. The first-order chi connectivity index (χ1) is 10.4. The maximum absolute atomic E-state index is 5.81. The first-order valence-corrected chi connectivity index (χ1v) is 7.71. The summed E-state index contributed by atoms with van der Waals surface area (Å²) in [5.41, 5.74) is 2.45. The number of nitrogens with zero attached hydrogens (tertiary/aromatic N) is 1. The number of benzene rings is 1. The fourth-order valence-corrected chi connectivity index (χ4v) is 2.96. The lowest BCUT2D eigenvalue weighted by atomic mass is 10.0. The molecule has 1 saturated heterocycles. The number of piperazine rings is 1. The van der Waals surface area contributed by atoms with Crippen LogP contribution in [0.15, 0.2) is 12.1 Å². The van der Waals surface area contributed by atoms with Crippen LogP contribution in [0, 0.1) is 0 Å². The average molecular weight is 292 g/mol. The van der Waals surface area contributed by atoms with E-state index in [0.29, 0.717) is 19.8 Å². The zero-order chi connectivity index (χ0) is 14.5. The predicted molar refractivity (Wildman–Crippen MR) is 81.2 cm³/mol. The molecule has 2 heterocycles. The van der Waals surface area contributed by atoms with Gasteiger partial charge >= 0.3 is 0 Å². The van der Waals surface area contributed by atoms with Crippen molar-refractivity contribution in [2.75, 3.05) is 53.0 Å². The highest BCUT2D eigenvalue weighted by atomic mass is 16.6. The molecule has 1 N–H and O–H groups in total. The second-order valence-electron chi connectivity index (χ2n) is 5.50. The molecule has 2 aliphatic rings. The van der Waals surface area contributed by atoms with Crippen LogP contribution < -0.4 is 14.8 Å². The predicted octanol–water partition coefficient (Wildman–Crippen LogP) is 1.05. The Balaban J connectivity index is 1.73. The third-order valence-corrected chi connectivity index (χ3v) is 4.10. The van der Waals surface area contributed by atoms with Crippen molar-refractivity contribution in [2.24, 2.45) is 0 Å². The van der Waals surface area contributed by atoms with Crippen molar-refractivity contribution < 1.29 is 14.2 Å². The molecule has 5 nitrogen and oxygen atoms in total. The fraction of sp³-hybridized carbons (Fsp3) is 0.625. The van der Waals surface area contributed by atoms with Crippen molar-refractivity contribution in [1.82, 2.24) is 10.2 Å². The van der Waals surface area contributed by atoms with Gasteiger partial charge in [0.15, 0.2) is 11.5 Å². The number of hydrogen-bond acceptors (Lipinski definition) is 5. The molecule has 2 aliphatic heterocycles. The van der Waals surface area contributed by atoms with Gasteiger partial charge < -0.3 is 24.4 Å². The summed E-state index contributed by atoms with van der Waals surface area (Å²) in [5.74, 6) is 1.72. The minimum atomic E-state index is 0.573. The molecular formula is C16H24N2O3. The summed E-state index contributed by atoms with van der Waals surface area (Å²) in [6.07, 6.45) is 1.02. The molecule has 3 rings (SSSR count). The summed E-state index contributed by atoms with van der Waals surface area (Å²) in [6.45, 7) is 7.33. The van der Waals surface area contributed by atoms with E-state index >= 15 is 0 Å². The lowest BCUT2D eigenvalue weighted by Gasteiger charge is -2.28. The van der Waals surface area contributed by atoms with Gasteiger partial charge in [-0.2, -0.15) is 0 Å². The van der Waals surface area contributed by atoms with E-state index in [1.165, 1.54) is 5.56 Å². The van der Waals surface area contributed by atoms with Gasteiger partial charge in [-0.25, -0.2) is 0 Å². The van der Waals surface area contributed by atoms with Gasteiger partial charge in [0, 0.05) is 45.4 Å². The number of hydrogen-bond donors (Lipinski definition) is 1. The van der Waals surface area contributed by atoms with Gasteiger partial charge in [-0.1, -0.05) is 6.07 Å². The number of methoxy groups -OCH3 is 1. The first kappa shape index (κ1) is 14.6. The molecule has 0 unspecified atom stereocenters. The minimum Gasteiger partial charge on any atom is -0.486 e. The SMILES string of the molecule is COCc1c(CCN2CCNCC2)ccc2c1OCCO2. The van der Waals surface area contributed by atoms with Crippen LogP contribution in [0.25, 0.3) is 0 Å². The molecule has 0 aromatic heterocycles. The summed E-state index contributed by atoms with van der Waals surface area (Å²) in [6, 6.07) is 4.19. The maximum Gasteiger partial charge on any atom is 0.167 e. The van der Waals surface area contributed by atoms with E-state index < -0.39 is 0 Å². The highest BCUT2D eigenvalue weighted by Gasteiger charge is 2.19. The van der Waals surface area contributed by atoms with Crippen LogP contribution in [-0.4, -0.2) is 57.9 Å². The van der Waals surface area contributed by atoms with Crippen LogP contribution in [0.4, 0.5) is 0 Å². The number of ether oxygens (including phenoxy) is 3. The van der Waals surface area contributed by atoms with Crippen molar-refractivity contribution in [3.8, 4) is 11.5 Å². The summed E-state index contributed by atoms with van der Waals surface area (Å²) < 4.78 is 16.8. The van der Waals surface area contributed by atoms with E-state index in [9.17, 15) is 0 Å². The molecular weight excluding hydrogens is 268 g/mol. The monoisotopic (exact) mass is 292 g/mol. The normalized spacial score (nSPS) is 18.7. The Bertz CT molecular complexity index is 473. The second-order valence-corrected chi connectivity index (χ2v) is 5.50. The van der Waals surface area contributed by atoms with E-state index in [1.54, 1.807) is 7.11 Å². The van der Waals surface area contributed by atoms with E-state index in [2.05, 4.69) is 16.3 Å². The zero-order valence-corrected chi connectivity index (χ0v) is 12.7. The standard InChI is InChI=1S/C16H24N2O3/c1-19-12-14-13(4-7-18-8-5-17-6-9-18)2-3-15-16(14)21-11-10-20-15/h2-3,17H,4-12H2,1H3. The minimum absolute atomic E-state index is 0.573. The van der Waals surface area contributed by atoms with E-state index in [4.69, 9.17) is 14.2 Å². The Morgan fingerprint density at radius 1 is 1.19 bits per heavy atom. The second kappa shape index (κ2) is 7.11. The zero-order valence-electron chi connectivity index (χ0n) is 12.7. The molecule has 5 heteroatoms. The third-order valence-electron chi connectivity index (χ3n) is 4.10. The van der Waals surface area contributed by atoms with Gasteiger partial charge in [-0.05, 0) is 18.1 Å². The van der Waals surface area contributed by atoms with Crippen LogP contribution in [0.2, 0.25) is 0 Å². The smallest absolute Gasteiger partial charge is 0.167 e. The molecule has 0 saturated carbocycles. The van der Waals surface area contributed by atoms with Crippen molar-refractivity contribution in [2.45, 2.75) is 13.0 Å². The highest BCUT2D eigenvalue weighted by Crippen LogP contribution is 2.36. The van der Waals surface area contributed by atoms with E-state index in [-0.39, 0.29) is 0 Å². The van der Waals surface area contributed by atoms with Crippen LogP contribution in [-0.2, 0) is 17.8 Å². The maximum atomic E-state index is 5.81. The molecule has 21 heavy (non-hydrogen) atoms. The first-order valence-electron chi connectivity index (χ1n) is 7.71. The molecule has 1 fully saturated rings. The molecule has 0 spiro atoms. The van der Waals surface area contributed by atoms with E-state index in [0.717, 1.165) is 56.2 Å². The van der Waals surface area contributed by atoms with Gasteiger partial charge in [-0.3, -0.25) is 0 Å². The molecule has 0 amide bonds. The van der Waals surface area contributed by atoms with Gasteiger partial charge in [0.25, 0.3) is 0 Å². The van der Waals surface area contributed by atoms with Crippen LogP contribution >= 0.6 is 0 Å². The number of fused-ring (bicyclic) bond motifs is 1. The Kier molecular flexibility index (Phi) is 4.95. The molecule has 1 aromatic rings. The quantitative estimate of drug-likeness (QED) is 0.879. The Morgan fingerprint density at radius 2 is 2.00 bits per heavy atom. The number of rotatable bonds is 5. The Morgan fingerprint density at radius 3 is 2.81 bits per heavy atom. The Hall–Kier alpha value is -1.30. The topological polar surface area (TPSA) is 43.0 Å². The summed E-state index contributed by atoms with van der Waals surface area (Å²) >= 11 is 0. The highest BCUT2D eigenvalue weighted by molar-refractivity contribution is 5.51. The molecule has 1 aromatic carbocycles. The Labute approximate surface area is 126 Å². The lowest BCUT2D eigenvalue weighted by Crippen LogP contribution is -2.44. The van der Waals surface area contributed by atoms with Gasteiger partial charge in [0.2, 0.25) is 0 Å². The molecule has 0 radical (unpaired) electrons. The van der Waals surface area contributed by atoms with Crippen molar-refractivity contribution in [3.63, 3.8) is 0 Å². The van der Waals surface area contributed by atoms with Crippen LogP contribution in [0.3, 0.4) is 0 Å². The largest absolute Gasteiger partial charge is 0.486 e. The van der Waals surface area contributed by atoms with E-state index in [1.807, 2.05) is 6.07 Å². The summed E-state index contributed by atoms with van der Waals surface area (Å²) in [7, 11) is 1.73. The van der Waals surface area contributed by atoms with Crippen molar-refractivity contribution in [3.05, 3.63) is 23.3 Å². The molecule has 0 aliphatic carbocycles. The van der Waals surface area contributed by atoms with Gasteiger partial charge in [0.05, 0.1) is 6.61 Å². The van der Waals surface area contributed by atoms with Crippen LogP contribution in [0.5, 0.6) is 11.5 Å². The molecule has 116 valence electrons. The van der Waals surface area contributed by atoms with Gasteiger partial charge in [0.1, 0.15) is 13.2 Å². The summed E-state index contributed by atoms with van der Waals surface area (Å²) in [4.78, 5) is 2.50. The number of nitrogens with one attached hydrogen (secondary N) is 1. The lowest BCUT2D eigenvalue weighted by molar-refractivity contribution is 0.152. The molecule has 0 bridgehead atoms. The third kappa shape index (κ3) is 3.48. The summed E-state index contributed by atoms with van der Waals surface area (Å²) in [5, 5.41) is 3.39. The average Bonchev–Trinajstić information content (AvgIpc) is 2.55.